The van der Waals surface area contributed by atoms with Gasteiger partial charge >= 0.3 is 12.3 Å². The Hall–Kier alpha value is -4.71. The first-order chi connectivity index (χ1) is 24.4. The third-order valence-electron chi connectivity index (χ3n) is 8.61. The summed E-state index contributed by atoms with van der Waals surface area (Å²) < 4.78 is 58.7. The number of amides is 4. The molecule has 2 aliphatic heterocycles. The molecule has 2 saturated heterocycles. The van der Waals surface area contributed by atoms with Gasteiger partial charge < -0.3 is 34.8 Å². The van der Waals surface area contributed by atoms with Crippen LogP contribution in [0.15, 0.2) is 24.4 Å². The number of aliphatic hydroxyl groups is 1. The third-order valence-corrected chi connectivity index (χ3v) is 8.92. The number of piperazine rings is 1. The van der Waals surface area contributed by atoms with Gasteiger partial charge in [0.1, 0.15) is 5.60 Å². The summed E-state index contributed by atoms with van der Waals surface area (Å²) in [6.45, 7) is 5.06. The number of imidazole rings is 1. The van der Waals surface area contributed by atoms with Gasteiger partial charge in [0.2, 0.25) is 0 Å². The molecule has 5 rings (SSSR count). The Morgan fingerprint density at radius 1 is 1.06 bits per heavy atom. The first-order valence-corrected chi connectivity index (χ1v) is 16.9. The summed E-state index contributed by atoms with van der Waals surface area (Å²) in [4.78, 5) is 63.1. The van der Waals surface area contributed by atoms with Gasteiger partial charge in [0, 0.05) is 74.4 Å². The van der Waals surface area contributed by atoms with E-state index in [1.54, 1.807) is 20.8 Å². The number of carbonyl (C=O) groups excluding carboxylic acids is 4. The summed E-state index contributed by atoms with van der Waals surface area (Å²) in [5.74, 6) is -1.88. The van der Waals surface area contributed by atoms with Crippen LogP contribution >= 0.6 is 11.6 Å². The lowest BCUT2D eigenvalue weighted by Gasteiger charge is -2.43. The van der Waals surface area contributed by atoms with Crippen molar-refractivity contribution in [1.82, 2.24) is 34.9 Å². The van der Waals surface area contributed by atoms with Crippen LogP contribution in [0.2, 0.25) is 5.02 Å². The van der Waals surface area contributed by atoms with Crippen LogP contribution in [0.4, 0.5) is 28.0 Å². The molecule has 1 aromatic carbocycles. The van der Waals surface area contributed by atoms with Gasteiger partial charge in [-0.3, -0.25) is 23.9 Å². The second-order valence-corrected chi connectivity index (χ2v) is 14.1. The lowest BCUT2D eigenvalue weighted by Crippen LogP contribution is -2.62. The molecule has 3 aromatic rings. The average Bonchev–Trinajstić information content (AvgIpc) is 3.71. The van der Waals surface area contributed by atoms with Crippen molar-refractivity contribution in [3.8, 4) is 0 Å². The van der Waals surface area contributed by atoms with Gasteiger partial charge in [-0.1, -0.05) is 11.6 Å². The molecule has 1 atom stereocenters. The molecular weight excluding hydrogens is 716 g/mol. The quantitative estimate of drug-likeness (QED) is 0.247. The summed E-state index contributed by atoms with van der Waals surface area (Å²) in [6, 6.07) is 4.22. The number of carbonyl (C=O) groups is 4. The van der Waals surface area contributed by atoms with Crippen molar-refractivity contribution in [2.24, 2.45) is 0 Å². The van der Waals surface area contributed by atoms with E-state index in [4.69, 9.17) is 16.3 Å². The number of anilines is 1. The van der Waals surface area contributed by atoms with E-state index < -0.39 is 53.6 Å². The molecule has 4 amide bonds. The molecule has 2 fully saturated rings. The zero-order chi connectivity index (χ0) is 38.0. The molecule has 0 radical (unpaired) electrons. The number of hydrogen-bond acceptors (Lipinski definition) is 8. The normalized spacial score (nSPS) is 18.4. The van der Waals surface area contributed by atoms with Crippen LogP contribution in [0.1, 0.15) is 77.2 Å². The Labute approximate surface area is 300 Å². The van der Waals surface area contributed by atoms with Crippen molar-refractivity contribution in [3.05, 3.63) is 63.5 Å². The fourth-order valence-corrected chi connectivity index (χ4v) is 6.37. The van der Waals surface area contributed by atoms with E-state index >= 15 is 0 Å². The number of alkyl halides is 4. The minimum absolute atomic E-state index is 0.0127. The van der Waals surface area contributed by atoms with Crippen molar-refractivity contribution in [3.63, 3.8) is 0 Å². The first-order valence-electron chi connectivity index (χ1n) is 16.5. The lowest BCUT2D eigenvalue weighted by molar-refractivity contribution is -0.158. The molecule has 14 nitrogen and oxygen atoms in total. The Balaban J connectivity index is 1.16. The number of ether oxygens (including phenoxy) is 1. The van der Waals surface area contributed by atoms with E-state index in [1.165, 1.54) is 39.1 Å². The number of piperidine rings is 1. The average molecular weight is 755 g/mol. The van der Waals surface area contributed by atoms with Crippen LogP contribution in [0.25, 0.3) is 0 Å². The van der Waals surface area contributed by atoms with Crippen molar-refractivity contribution >= 4 is 41.1 Å². The number of aromatic nitrogens is 4. The van der Waals surface area contributed by atoms with Gasteiger partial charge in [-0.25, -0.2) is 9.78 Å². The first kappa shape index (κ1) is 38.5. The molecule has 2 aliphatic rings. The number of aromatic amines is 2. The van der Waals surface area contributed by atoms with Crippen molar-refractivity contribution < 1.29 is 46.6 Å². The SMILES string of the molecule is CC(C)(C)OC(=O)N1CCCC(O)(C(=O)N2CCN(C(=O)c3ccc(NC(=O)c4ncc(Cc5c(C(F)(F)F)n[nH]c5CCF)[nH]4)cc3Cl)CC2)C1. The molecule has 19 heteroatoms. The number of β-amino-alcohol motifs (C(OH)–C–C–N with tert-alkyl or cyclic N) is 1. The Bertz CT molecular complexity index is 1820. The third kappa shape index (κ3) is 8.83. The van der Waals surface area contributed by atoms with Crippen molar-refractivity contribution in [2.45, 2.75) is 63.8 Å². The fraction of sp³-hybridized carbons (Fsp3) is 0.515. The van der Waals surface area contributed by atoms with Gasteiger partial charge in [-0.05, 0) is 51.8 Å². The second kappa shape index (κ2) is 15.1. The number of halogens is 5. The molecule has 2 aromatic heterocycles. The topological polar surface area (TPSA) is 177 Å². The maximum Gasteiger partial charge on any atom is 0.435 e. The monoisotopic (exact) mass is 754 g/mol. The number of likely N-dealkylation sites (tertiary alicyclic amines) is 1. The maximum atomic E-state index is 13.4. The van der Waals surface area contributed by atoms with Crippen LogP contribution < -0.4 is 5.32 Å². The summed E-state index contributed by atoms with van der Waals surface area (Å²) in [5, 5.41) is 19.4. The van der Waals surface area contributed by atoms with E-state index in [9.17, 15) is 41.8 Å². The highest BCUT2D eigenvalue weighted by Gasteiger charge is 2.45. The molecule has 1 unspecified atom stereocenters. The molecule has 0 saturated carbocycles. The Morgan fingerprint density at radius 3 is 2.38 bits per heavy atom. The van der Waals surface area contributed by atoms with E-state index in [1.807, 2.05) is 0 Å². The van der Waals surface area contributed by atoms with E-state index in [2.05, 4.69) is 25.5 Å². The number of nitrogens with one attached hydrogen (secondary N) is 3. The van der Waals surface area contributed by atoms with Gasteiger partial charge in [-0.15, -0.1) is 0 Å². The summed E-state index contributed by atoms with van der Waals surface area (Å²) in [5.41, 5.74) is -3.45. The molecule has 0 spiro atoms. The molecule has 4 heterocycles. The summed E-state index contributed by atoms with van der Waals surface area (Å²) in [7, 11) is 0. The number of nitrogens with zero attached hydrogens (tertiary/aromatic N) is 5. The number of aryl methyl sites for hydroxylation is 1. The smallest absolute Gasteiger partial charge is 0.435 e. The van der Waals surface area contributed by atoms with Crippen LogP contribution in [-0.4, -0.2) is 121 Å². The number of H-pyrrole nitrogens is 2. The predicted octanol–water partition coefficient (Wildman–Crippen LogP) is 4.21. The zero-order valence-corrected chi connectivity index (χ0v) is 29.5. The lowest BCUT2D eigenvalue weighted by atomic mass is 9.91. The highest BCUT2D eigenvalue weighted by molar-refractivity contribution is 6.34. The van der Waals surface area contributed by atoms with E-state index in [-0.39, 0.29) is 91.0 Å². The maximum absolute atomic E-state index is 13.4. The van der Waals surface area contributed by atoms with Crippen LogP contribution in [0.3, 0.4) is 0 Å². The van der Waals surface area contributed by atoms with Crippen molar-refractivity contribution in [2.75, 3.05) is 51.3 Å². The highest BCUT2D eigenvalue weighted by Crippen LogP contribution is 2.33. The Morgan fingerprint density at radius 2 is 1.75 bits per heavy atom. The molecule has 282 valence electrons. The van der Waals surface area contributed by atoms with Gasteiger partial charge in [-0.2, -0.15) is 18.3 Å². The van der Waals surface area contributed by atoms with Crippen LogP contribution in [0, 0.1) is 0 Å². The zero-order valence-electron chi connectivity index (χ0n) is 28.7. The molecular formula is C33H39ClF4N8O6. The van der Waals surface area contributed by atoms with Crippen LogP contribution in [-0.2, 0) is 28.5 Å². The molecule has 0 aliphatic carbocycles. The molecule has 52 heavy (non-hydrogen) atoms. The number of rotatable bonds is 8. The Kier molecular flexibility index (Phi) is 11.2. The van der Waals surface area contributed by atoms with E-state index in [0.717, 1.165) is 0 Å². The highest BCUT2D eigenvalue weighted by atomic mass is 35.5. The molecule has 4 N–H and O–H groups in total. The van der Waals surface area contributed by atoms with Gasteiger partial charge in [0.15, 0.2) is 17.1 Å². The fourth-order valence-electron chi connectivity index (χ4n) is 6.11. The predicted molar refractivity (Wildman–Crippen MR) is 179 cm³/mol. The minimum atomic E-state index is -4.77. The van der Waals surface area contributed by atoms with Crippen LogP contribution in [0.5, 0.6) is 0 Å². The van der Waals surface area contributed by atoms with Gasteiger partial charge in [0.25, 0.3) is 17.7 Å². The summed E-state index contributed by atoms with van der Waals surface area (Å²) in [6.07, 6.45) is -4.22. The molecule has 0 bridgehead atoms. The standard InChI is InChI=1S/C33H39ClF4N8O6/c1-31(2,3)52-30(50)46-10-4-8-32(51,18-46)29(49)45-13-11-44(12-14-45)28(48)21-6-5-19(16-23(21)34)41-27(47)26-39-17-20(40-26)15-22-24(7-9-35)42-43-25(22)33(36,37)38/h5-6,16-17,51H,4,7-15,18H2,1-3H3,(H,39,40)(H,41,47)(H,42,43). The summed E-state index contributed by atoms with van der Waals surface area (Å²) >= 11 is 6.44. The minimum Gasteiger partial charge on any atom is -0.444 e. The second-order valence-electron chi connectivity index (χ2n) is 13.7. The van der Waals surface area contributed by atoms with E-state index in [0.29, 0.717) is 13.0 Å². The van der Waals surface area contributed by atoms with Gasteiger partial charge in [0.05, 0.1) is 23.8 Å². The number of benzene rings is 1. The van der Waals surface area contributed by atoms with Crippen molar-refractivity contribution in [1.29, 1.82) is 0 Å². The largest absolute Gasteiger partial charge is 0.444 e. The number of hydrogen-bond donors (Lipinski definition) is 4.